The van der Waals surface area contributed by atoms with Crippen molar-refractivity contribution >= 4 is 39.3 Å². The third kappa shape index (κ3) is 5.68. The second-order valence-corrected chi connectivity index (χ2v) is 9.69. The number of anilines is 3. The van der Waals surface area contributed by atoms with Gasteiger partial charge in [-0.15, -0.1) is 0 Å². The number of ether oxygens (including phenoxy) is 2. The molecule has 0 radical (unpaired) electrons. The van der Waals surface area contributed by atoms with E-state index in [2.05, 4.69) is 41.6 Å². The lowest BCUT2D eigenvalue weighted by Gasteiger charge is -2.36. The van der Waals surface area contributed by atoms with Gasteiger partial charge in [0.1, 0.15) is 11.6 Å². The Hall–Kier alpha value is -2.27. The van der Waals surface area contributed by atoms with E-state index in [1.54, 1.807) is 0 Å². The summed E-state index contributed by atoms with van der Waals surface area (Å²) in [6, 6.07) is 9.70. The average molecular weight is 531 g/mol. The molecule has 5 rings (SSSR count). The summed E-state index contributed by atoms with van der Waals surface area (Å²) in [5.41, 5.74) is 0.756. The highest BCUT2D eigenvalue weighted by atomic mass is 79.9. The standard InChI is InChI=1S/C24H31BrN6O3/c25-20-3-1-19(2-4-20)21(32)18-28-5-7-29(8-6-28)22-17-23(30-9-13-33-14-10-30)27-24(26-22)31-11-15-34-16-12-31/h1-4,17H,5-16,18H2. The zero-order valence-corrected chi connectivity index (χ0v) is 21.0. The van der Waals surface area contributed by atoms with Crippen LogP contribution in [0.3, 0.4) is 0 Å². The summed E-state index contributed by atoms with van der Waals surface area (Å²) in [5.74, 6) is 2.85. The highest BCUT2D eigenvalue weighted by Gasteiger charge is 2.24. The van der Waals surface area contributed by atoms with Crippen LogP contribution in [0, 0.1) is 0 Å². The molecule has 3 aliphatic heterocycles. The number of nitrogens with zero attached hydrogens (tertiary/aromatic N) is 6. The van der Waals surface area contributed by atoms with Crippen LogP contribution in [0.5, 0.6) is 0 Å². The van der Waals surface area contributed by atoms with Gasteiger partial charge in [0.25, 0.3) is 0 Å². The average Bonchev–Trinajstić information content (AvgIpc) is 2.90. The fourth-order valence-electron chi connectivity index (χ4n) is 4.50. The summed E-state index contributed by atoms with van der Waals surface area (Å²) in [6.07, 6.45) is 0. The number of Topliss-reactive ketones (excluding diaryl/α,β-unsaturated/α-hetero) is 1. The summed E-state index contributed by atoms with van der Waals surface area (Å²) in [5, 5.41) is 0. The van der Waals surface area contributed by atoms with Crippen LogP contribution in [0.15, 0.2) is 34.8 Å². The largest absolute Gasteiger partial charge is 0.378 e. The normalized spacial score (nSPS) is 20.0. The van der Waals surface area contributed by atoms with Crippen molar-refractivity contribution in [1.29, 1.82) is 0 Å². The molecule has 9 nitrogen and oxygen atoms in total. The molecule has 3 saturated heterocycles. The molecular weight excluding hydrogens is 500 g/mol. The summed E-state index contributed by atoms with van der Waals surface area (Å²) in [6.45, 7) is 9.87. The Morgan fingerprint density at radius 1 is 0.765 bits per heavy atom. The van der Waals surface area contributed by atoms with Crippen LogP contribution in [0.2, 0.25) is 0 Å². The number of rotatable bonds is 6. The fourth-order valence-corrected chi connectivity index (χ4v) is 4.76. The molecule has 0 bridgehead atoms. The number of piperazine rings is 1. The summed E-state index contributed by atoms with van der Waals surface area (Å²) < 4.78 is 12.0. The van der Waals surface area contributed by atoms with Gasteiger partial charge in [-0.3, -0.25) is 9.69 Å². The first-order valence-electron chi connectivity index (χ1n) is 12.0. The Morgan fingerprint density at radius 3 is 1.88 bits per heavy atom. The quantitative estimate of drug-likeness (QED) is 0.520. The molecule has 3 fully saturated rings. The zero-order chi connectivity index (χ0) is 23.3. The van der Waals surface area contributed by atoms with E-state index >= 15 is 0 Å². The number of benzene rings is 1. The van der Waals surface area contributed by atoms with E-state index in [1.807, 2.05) is 24.3 Å². The SMILES string of the molecule is O=C(CN1CCN(c2cc(N3CCOCC3)nc(N3CCOCC3)n2)CC1)c1ccc(Br)cc1. The molecule has 1 aromatic carbocycles. The molecule has 182 valence electrons. The van der Waals surface area contributed by atoms with Crippen LogP contribution >= 0.6 is 15.9 Å². The van der Waals surface area contributed by atoms with Crippen molar-refractivity contribution in [3.8, 4) is 0 Å². The van der Waals surface area contributed by atoms with E-state index in [-0.39, 0.29) is 5.78 Å². The third-order valence-electron chi connectivity index (χ3n) is 6.55. The number of hydrogen-bond donors (Lipinski definition) is 0. The Morgan fingerprint density at radius 2 is 1.29 bits per heavy atom. The van der Waals surface area contributed by atoms with Crippen molar-refractivity contribution in [3.63, 3.8) is 0 Å². The van der Waals surface area contributed by atoms with E-state index < -0.39 is 0 Å². The van der Waals surface area contributed by atoms with Crippen LogP contribution in [0.25, 0.3) is 0 Å². The van der Waals surface area contributed by atoms with Crippen molar-refractivity contribution in [2.24, 2.45) is 0 Å². The van der Waals surface area contributed by atoms with Gasteiger partial charge in [-0.05, 0) is 12.1 Å². The maximum absolute atomic E-state index is 12.7. The van der Waals surface area contributed by atoms with Gasteiger partial charge in [-0.25, -0.2) is 0 Å². The van der Waals surface area contributed by atoms with E-state index in [0.717, 1.165) is 93.2 Å². The molecular formula is C24H31BrN6O3. The predicted molar refractivity (Wildman–Crippen MR) is 135 cm³/mol. The minimum atomic E-state index is 0.159. The summed E-state index contributed by atoms with van der Waals surface area (Å²) in [7, 11) is 0. The third-order valence-corrected chi connectivity index (χ3v) is 7.07. The molecule has 1 aromatic heterocycles. The van der Waals surface area contributed by atoms with E-state index in [4.69, 9.17) is 19.4 Å². The van der Waals surface area contributed by atoms with Gasteiger partial charge >= 0.3 is 0 Å². The monoisotopic (exact) mass is 530 g/mol. The van der Waals surface area contributed by atoms with Gasteiger partial charge in [0, 0.05) is 68.5 Å². The number of carbonyl (C=O) groups excluding carboxylic acids is 1. The molecule has 0 unspecified atom stereocenters. The number of carbonyl (C=O) groups is 1. The minimum Gasteiger partial charge on any atom is -0.378 e. The Kier molecular flexibility index (Phi) is 7.58. The lowest BCUT2D eigenvalue weighted by molar-refractivity contribution is 0.0926. The molecule has 0 N–H and O–H groups in total. The number of halogens is 1. The lowest BCUT2D eigenvalue weighted by Crippen LogP contribution is -2.48. The first-order chi connectivity index (χ1) is 16.7. The zero-order valence-electron chi connectivity index (χ0n) is 19.4. The summed E-state index contributed by atoms with van der Waals surface area (Å²) in [4.78, 5) is 31.6. The first kappa shape index (κ1) is 23.5. The topological polar surface area (TPSA) is 74.3 Å². The van der Waals surface area contributed by atoms with Gasteiger partial charge in [0.15, 0.2) is 5.78 Å². The maximum atomic E-state index is 12.7. The van der Waals surface area contributed by atoms with Gasteiger partial charge in [-0.1, -0.05) is 28.1 Å². The highest BCUT2D eigenvalue weighted by Crippen LogP contribution is 2.25. The van der Waals surface area contributed by atoms with E-state index in [9.17, 15) is 4.79 Å². The van der Waals surface area contributed by atoms with Gasteiger partial charge in [-0.2, -0.15) is 9.97 Å². The molecule has 4 heterocycles. The Labute approximate surface area is 208 Å². The Bertz CT molecular complexity index is 935. The lowest BCUT2D eigenvalue weighted by atomic mass is 10.1. The molecule has 0 spiro atoms. The number of hydrogen-bond acceptors (Lipinski definition) is 9. The van der Waals surface area contributed by atoms with Gasteiger partial charge < -0.3 is 24.2 Å². The summed E-state index contributed by atoms with van der Waals surface area (Å²) >= 11 is 3.43. The van der Waals surface area contributed by atoms with Crippen LogP contribution in [-0.4, -0.2) is 106 Å². The maximum Gasteiger partial charge on any atom is 0.229 e. The molecule has 0 atom stereocenters. The van der Waals surface area contributed by atoms with Crippen LogP contribution in [0.4, 0.5) is 17.6 Å². The molecule has 0 saturated carbocycles. The van der Waals surface area contributed by atoms with E-state index in [1.165, 1.54) is 0 Å². The van der Waals surface area contributed by atoms with Crippen LogP contribution < -0.4 is 14.7 Å². The second kappa shape index (κ2) is 11.0. The molecule has 34 heavy (non-hydrogen) atoms. The van der Waals surface area contributed by atoms with Crippen molar-refractivity contribution < 1.29 is 14.3 Å². The first-order valence-corrected chi connectivity index (χ1v) is 12.8. The van der Waals surface area contributed by atoms with Crippen molar-refractivity contribution in [2.75, 3.05) is 100 Å². The van der Waals surface area contributed by atoms with Crippen molar-refractivity contribution in [1.82, 2.24) is 14.9 Å². The second-order valence-electron chi connectivity index (χ2n) is 8.78. The number of morpholine rings is 2. The van der Waals surface area contributed by atoms with Crippen LogP contribution in [0.1, 0.15) is 10.4 Å². The van der Waals surface area contributed by atoms with Crippen molar-refractivity contribution in [3.05, 3.63) is 40.4 Å². The Balaban J connectivity index is 1.27. The van der Waals surface area contributed by atoms with Gasteiger partial charge in [0.2, 0.25) is 5.95 Å². The molecule has 2 aromatic rings. The molecule has 0 aliphatic carbocycles. The fraction of sp³-hybridized carbons (Fsp3) is 0.542. The number of aromatic nitrogens is 2. The molecule has 3 aliphatic rings. The molecule has 10 heteroatoms. The highest BCUT2D eigenvalue weighted by molar-refractivity contribution is 9.10. The van der Waals surface area contributed by atoms with E-state index in [0.29, 0.717) is 19.8 Å². The minimum absolute atomic E-state index is 0.159. The molecule has 0 amide bonds. The van der Waals surface area contributed by atoms with Crippen LogP contribution in [-0.2, 0) is 9.47 Å². The number of ketones is 1. The smallest absolute Gasteiger partial charge is 0.229 e. The van der Waals surface area contributed by atoms with Crippen molar-refractivity contribution in [2.45, 2.75) is 0 Å². The van der Waals surface area contributed by atoms with Gasteiger partial charge in [0.05, 0.1) is 33.0 Å². The predicted octanol–water partition coefficient (Wildman–Crippen LogP) is 1.92.